The third-order valence-corrected chi connectivity index (χ3v) is 3.43. The van der Waals surface area contributed by atoms with Gasteiger partial charge in [0.15, 0.2) is 0 Å². The highest BCUT2D eigenvalue weighted by atomic mass is 16.5. The van der Waals surface area contributed by atoms with E-state index >= 15 is 0 Å². The Bertz CT molecular complexity index is 285. The molecule has 0 aromatic rings. The van der Waals surface area contributed by atoms with Gasteiger partial charge in [0.05, 0.1) is 6.61 Å². The molecule has 2 saturated heterocycles. The predicted molar refractivity (Wildman–Crippen MR) is 47.9 cm³/mol. The maximum Gasteiger partial charge on any atom is 0.120 e. The number of rotatable bonds is 0. The number of aliphatic hydroxyl groups is 1. The highest BCUT2D eigenvalue weighted by Gasteiger charge is 2.53. The van der Waals surface area contributed by atoms with E-state index in [4.69, 9.17) is 4.74 Å². The van der Waals surface area contributed by atoms with Gasteiger partial charge in [-0.25, -0.2) is 4.90 Å². The molecule has 3 heteroatoms. The second-order valence-corrected chi connectivity index (χ2v) is 4.70. The molecule has 1 N–H and O–H groups in total. The van der Waals surface area contributed by atoms with Gasteiger partial charge in [0.1, 0.15) is 12.0 Å². The Morgan fingerprint density at radius 1 is 1.62 bits per heavy atom. The minimum atomic E-state index is -0.341. The summed E-state index contributed by atoms with van der Waals surface area (Å²) in [6.07, 6.45) is 2.93. The molecule has 0 saturated carbocycles. The lowest BCUT2D eigenvalue weighted by Gasteiger charge is -2.40. The minimum Gasteiger partial charge on any atom is -0.377 e. The van der Waals surface area contributed by atoms with Crippen molar-refractivity contribution in [3.63, 3.8) is 0 Å². The van der Waals surface area contributed by atoms with Crippen LogP contribution in [0.25, 0.3) is 0 Å². The van der Waals surface area contributed by atoms with E-state index in [2.05, 4.69) is 11.0 Å². The Hall–Kier alpha value is -0.380. The molecule has 2 heterocycles. The van der Waals surface area contributed by atoms with Crippen molar-refractivity contribution in [3.05, 3.63) is 11.6 Å². The van der Waals surface area contributed by atoms with E-state index in [1.165, 1.54) is 5.57 Å². The van der Waals surface area contributed by atoms with Gasteiger partial charge >= 0.3 is 0 Å². The van der Waals surface area contributed by atoms with E-state index < -0.39 is 0 Å². The SMILES string of the molecule is CC1(C)OCC2CC3=CC3C(O)N21. The second-order valence-electron chi connectivity index (χ2n) is 4.70. The average Bonchev–Trinajstić information content (AvgIpc) is 2.73. The summed E-state index contributed by atoms with van der Waals surface area (Å²) in [5.74, 6) is 0.331. The molecule has 3 atom stereocenters. The fourth-order valence-corrected chi connectivity index (χ4v) is 2.70. The highest BCUT2D eigenvalue weighted by Crippen LogP contribution is 2.48. The highest BCUT2D eigenvalue weighted by molar-refractivity contribution is 5.35. The molecule has 72 valence electrons. The lowest BCUT2D eigenvalue weighted by molar-refractivity contribution is -0.139. The number of ether oxygens (including phenoxy) is 1. The van der Waals surface area contributed by atoms with Crippen LogP contribution in [0.15, 0.2) is 11.6 Å². The molecule has 3 rings (SSSR count). The summed E-state index contributed by atoms with van der Waals surface area (Å²) in [6, 6.07) is 0.398. The molecule has 3 aliphatic rings. The molecular weight excluding hydrogens is 166 g/mol. The first-order valence-electron chi connectivity index (χ1n) is 4.91. The minimum absolute atomic E-state index is 0.286. The van der Waals surface area contributed by atoms with Gasteiger partial charge in [-0.3, -0.25) is 0 Å². The second kappa shape index (κ2) is 2.16. The molecule has 3 nitrogen and oxygen atoms in total. The van der Waals surface area contributed by atoms with E-state index in [1.54, 1.807) is 0 Å². The molecular formula is C10H15NO2. The van der Waals surface area contributed by atoms with Crippen molar-refractivity contribution >= 4 is 0 Å². The maximum absolute atomic E-state index is 10.0. The Morgan fingerprint density at radius 2 is 2.38 bits per heavy atom. The number of nitrogens with zero attached hydrogens (tertiary/aromatic N) is 1. The predicted octanol–water partition coefficient (Wildman–Crippen LogP) is 0.702. The smallest absolute Gasteiger partial charge is 0.120 e. The zero-order valence-electron chi connectivity index (χ0n) is 8.03. The van der Waals surface area contributed by atoms with Crippen LogP contribution in [0.2, 0.25) is 0 Å². The van der Waals surface area contributed by atoms with Gasteiger partial charge in [0.25, 0.3) is 0 Å². The lowest BCUT2D eigenvalue weighted by Crippen LogP contribution is -2.53. The Kier molecular flexibility index (Phi) is 1.33. The summed E-state index contributed by atoms with van der Waals surface area (Å²) in [7, 11) is 0. The first-order valence-corrected chi connectivity index (χ1v) is 4.91. The Balaban J connectivity index is 1.91. The van der Waals surface area contributed by atoms with Gasteiger partial charge in [0, 0.05) is 12.0 Å². The molecule has 0 bridgehead atoms. The maximum atomic E-state index is 10.0. The van der Waals surface area contributed by atoms with Crippen molar-refractivity contribution in [2.45, 2.75) is 38.3 Å². The normalized spacial score (nSPS) is 46.7. The van der Waals surface area contributed by atoms with Crippen molar-refractivity contribution in [3.8, 4) is 0 Å². The summed E-state index contributed by atoms with van der Waals surface area (Å²) in [6.45, 7) is 4.82. The molecule has 1 aliphatic carbocycles. The molecule has 2 fully saturated rings. The molecule has 0 aromatic carbocycles. The molecule has 0 spiro atoms. The van der Waals surface area contributed by atoms with E-state index in [1.807, 2.05) is 13.8 Å². The lowest BCUT2D eigenvalue weighted by atomic mass is 10.00. The third kappa shape index (κ3) is 0.951. The van der Waals surface area contributed by atoms with Crippen LogP contribution in [-0.4, -0.2) is 34.6 Å². The zero-order chi connectivity index (χ0) is 9.22. The number of hydrogen-bond donors (Lipinski definition) is 1. The van der Waals surface area contributed by atoms with Crippen molar-refractivity contribution < 1.29 is 9.84 Å². The van der Waals surface area contributed by atoms with Crippen molar-refractivity contribution in [2.75, 3.05) is 6.61 Å². The van der Waals surface area contributed by atoms with Crippen LogP contribution in [0.3, 0.4) is 0 Å². The first kappa shape index (κ1) is 7.97. The Morgan fingerprint density at radius 3 is 3.15 bits per heavy atom. The fraction of sp³-hybridized carbons (Fsp3) is 0.800. The van der Waals surface area contributed by atoms with Crippen LogP contribution < -0.4 is 0 Å². The van der Waals surface area contributed by atoms with Crippen molar-refractivity contribution in [2.24, 2.45) is 5.92 Å². The van der Waals surface area contributed by atoms with Gasteiger partial charge in [-0.1, -0.05) is 11.6 Å². The molecule has 3 unspecified atom stereocenters. The average molecular weight is 181 g/mol. The van der Waals surface area contributed by atoms with Crippen molar-refractivity contribution in [1.82, 2.24) is 4.90 Å². The summed E-state index contributed by atoms with van der Waals surface area (Å²) >= 11 is 0. The van der Waals surface area contributed by atoms with Crippen LogP contribution in [0, 0.1) is 5.92 Å². The van der Waals surface area contributed by atoms with E-state index in [-0.39, 0.29) is 12.0 Å². The van der Waals surface area contributed by atoms with Gasteiger partial charge < -0.3 is 9.84 Å². The molecule has 0 amide bonds. The van der Waals surface area contributed by atoms with E-state index in [0.29, 0.717) is 12.0 Å². The molecule has 13 heavy (non-hydrogen) atoms. The Labute approximate surface area is 78.0 Å². The van der Waals surface area contributed by atoms with E-state index in [9.17, 15) is 5.11 Å². The number of fused-ring (bicyclic) bond motifs is 2. The largest absolute Gasteiger partial charge is 0.377 e. The zero-order valence-corrected chi connectivity index (χ0v) is 8.03. The standard InChI is InChI=1S/C10H15NO2/c1-10(2)11-7(5-13-10)3-6-4-8(6)9(11)12/h4,7-9,12H,3,5H2,1-2H3. The summed E-state index contributed by atoms with van der Waals surface area (Å²) in [5, 5.41) is 10.0. The van der Waals surface area contributed by atoms with Gasteiger partial charge in [-0.15, -0.1) is 0 Å². The number of aliphatic hydroxyl groups excluding tert-OH is 1. The number of hydrogen-bond acceptors (Lipinski definition) is 3. The summed E-state index contributed by atoms with van der Waals surface area (Å²) in [5.41, 5.74) is 1.14. The van der Waals surface area contributed by atoms with Crippen LogP contribution in [0.1, 0.15) is 20.3 Å². The van der Waals surface area contributed by atoms with Gasteiger partial charge in [-0.2, -0.15) is 0 Å². The first-order chi connectivity index (χ1) is 6.09. The quantitative estimate of drug-likeness (QED) is 0.558. The number of piperidine rings is 1. The van der Waals surface area contributed by atoms with Gasteiger partial charge in [0.2, 0.25) is 0 Å². The fourth-order valence-electron chi connectivity index (χ4n) is 2.70. The van der Waals surface area contributed by atoms with E-state index in [0.717, 1.165) is 13.0 Å². The molecule has 0 radical (unpaired) electrons. The van der Waals surface area contributed by atoms with Crippen LogP contribution in [0.5, 0.6) is 0 Å². The third-order valence-electron chi connectivity index (χ3n) is 3.43. The molecule has 2 aliphatic heterocycles. The van der Waals surface area contributed by atoms with Gasteiger partial charge in [-0.05, 0) is 20.3 Å². The van der Waals surface area contributed by atoms with Crippen LogP contribution in [-0.2, 0) is 4.74 Å². The summed E-state index contributed by atoms with van der Waals surface area (Å²) < 4.78 is 5.67. The topological polar surface area (TPSA) is 32.7 Å². The molecule has 0 aromatic heterocycles. The van der Waals surface area contributed by atoms with Crippen molar-refractivity contribution in [1.29, 1.82) is 0 Å². The summed E-state index contributed by atoms with van der Waals surface area (Å²) in [4.78, 5) is 2.12. The van der Waals surface area contributed by atoms with Crippen LogP contribution in [0.4, 0.5) is 0 Å². The van der Waals surface area contributed by atoms with Crippen LogP contribution >= 0.6 is 0 Å². The monoisotopic (exact) mass is 181 g/mol.